The average molecular weight is 290 g/mol. The second-order valence-electron chi connectivity index (χ2n) is 6.80. The maximum atomic E-state index is 12.2. The lowest BCUT2D eigenvalue weighted by atomic mass is 9.94. The van der Waals surface area contributed by atoms with Crippen LogP contribution in [0.15, 0.2) is 24.3 Å². The maximum Gasteiger partial charge on any atom is 0.228 e. The number of aliphatic hydroxyl groups excluding tert-OH is 1. The van der Waals surface area contributed by atoms with Gasteiger partial charge in [-0.25, -0.2) is 0 Å². The van der Waals surface area contributed by atoms with E-state index in [1.54, 1.807) is 0 Å². The molecule has 0 radical (unpaired) electrons. The van der Waals surface area contributed by atoms with E-state index in [0.717, 1.165) is 38.3 Å². The summed E-state index contributed by atoms with van der Waals surface area (Å²) in [6.45, 7) is 10.3. The molecule has 1 N–H and O–H groups in total. The van der Waals surface area contributed by atoms with Gasteiger partial charge in [0.2, 0.25) is 5.91 Å². The molecule has 4 heteroatoms. The van der Waals surface area contributed by atoms with E-state index in [4.69, 9.17) is 0 Å². The van der Waals surface area contributed by atoms with Crippen molar-refractivity contribution in [3.63, 3.8) is 0 Å². The summed E-state index contributed by atoms with van der Waals surface area (Å²) in [6, 6.07) is 8.06. The van der Waals surface area contributed by atoms with Gasteiger partial charge in [0.15, 0.2) is 0 Å². The zero-order chi connectivity index (χ0) is 15.5. The highest BCUT2D eigenvalue weighted by Crippen LogP contribution is 2.19. The van der Waals surface area contributed by atoms with E-state index in [0.29, 0.717) is 0 Å². The molecule has 0 atom stereocenters. The van der Waals surface area contributed by atoms with Crippen LogP contribution in [0.3, 0.4) is 0 Å². The van der Waals surface area contributed by atoms with Crippen molar-refractivity contribution >= 4 is 5.91 Å². The summed E-state index contributed by atoms with van der Waals surface area (Å²) in [4.78, 5) is 16.6. The monoisotopic (exact) mass is 290 g/mol. The molecule has 1 heterocycles. The van der Waals surface area contributed by atoms with Crippen LogP contribution in [0.1, 0.15) is 31.9 Å². The number of nitrogens with zero attached hydrogens (tertiary/aromatic N) is 2. The third-order valence-corrected chi connectivity index (χ3v) is 3.88. The van der Waals surface area contributed by atoms with Gasteiger partial charge in [-0.3, -0.25) is 9.69 Å². The van der Waals surface area contributed by atoms with Crippen molar-refractivity contribution in [2.24, 2.45) is 5.41 Å². The molecule has 1 amide bonds. The molecule has 0 saturated carbocycles. The van der Waals surface area contributed by atoms with Gasteiger partial charge in [-0.2, -0.15) is 0 Å². The summed E-state index contributed by atoms with van der Waals surface area (Å²) < 4.78 is 0. The molecule has 1 aliphatic rings. The molecule has 2 rings (SSSR count). The smallest absolute Gasteiger partial charge is 0.228 e. The molecule has 1 aromatic rings. The van der Waals surface area contributed by atoms with Crippen molar-refractivity contribution in [1.82, 2.24) is 9.80 Å². The SMILES string of the molecule is CC(C)(C)C(=O)N1CCN(Cc2cccc(CO)c2)CC1. The number of piperazine rings is 1. The minimum absolute atomic E-state index is 0.0850. The first-order valence-electron chi connectivity index (χ1n) is 7.60. The average Bonchev–Trinajstić information content (AvgIpc) is 2.46. The highest BCUT2D eigenvalue weighted by Gasteiger charge is 2.29. The van der Waals surface area contributed by atoms with Crippen LogP contribution in [-0.4, -0.2) is 47.0 Å². The fourth-order valence-corrected chi connectivity index (χ4v) is 2.67. The number of carbonyl (C=O) groups is 1. The van der Waals surface area contributed by atoms with E-state index in [1.165, 1.54) is 5.56 Å². The van der Waals surface area contributed by atoms with E-state index in [1.807, 2.05) is 43.9 Å². The van der Waals surface area contributed by atoms with Crippen molar-refractivity contribution in [3.05, 3.63) is 35.4 Å². The molecule has 116 valence electrons. The Morgan fingerprint density at radius 3 is 2.33 bits per heavy atom. The number of hydrogen-bond donors (Lipinski definition) is 1. The quantitative estimate of drug-likeness (QED) is 0.924. The van der Waals surface area contributed by atoms with Crippen LogP contribution in [0.25, 0.3) is 0 Å². The second-order valence-corrected chi connectivity index (χ2v) is 6.80. The summed E-state index contributed by atoms with van der Waals surface area (Å²) in [5.41, 5.74) is 1.88. The fraction of sp³-hybridized carbons (Fsp3) is 0.588. The molecular formula is C17H26N2O2. The number of carbonyl (C=O) groups excluding carboxylic acids is 1. The summed E-state index contributed by atoms with van der Waals surface area (Å²) >= 11 is 0. The molecule has 0 aliphatic carbocycles. The van der Waals surface area contributed by atoms with Crippen LogP contribution in [0.4, 0.5) is 0 Å². The Bertz CT molecular complexity index is 486. The van der Waals surface area contributed by atoms with Gasteiger partial charge in [-0.15, -0.1) is 0 Å². The van der Waals surface area contributed by atoms with Crippen molar-refractivity contribution in [3.8, 4) is 0 Å². The topological polar surface area (TPSA) is 43.8 Å². The predicted octanol–water partition coefficient (Wildman–Crippen LogP) is 1.87. The van der Waals surface area contributed by atoms with Crippen molar-refractivity contribution in [2.75, 3.05) is 26.2 Å². The number of aliphatic hydroxyl groups is 1. The van der Waals surface area contributed by atoms with Gasteiger partial charge in [0, 0.05) is 38.1 Å². The molecule has 0 spiro atoms. The molecule has 1 aromatic carbocycles. The number of hydrogen-bond acceptors (Lipinski definition) is 3. The minimum atomic E-state index is -0.294. The number of rotatable bonds is 3. The Balaban J connectivity index is 1.88. The van der Waals surface area contributed by atoms with Crippen LogP contribution < -0.4 is 0 Å². The van der Waals surface area contributed by atoms with Crippen molar-refractivity contribution in [1.29, 1.82) is 0 Å². The lowest BCUT2D eigenvalue weighted by molar-refractivity contribution is -0.141. The van der Waals surface area contributed by atoms with E-state index in [9.17, 15) is 9.90 Å². The normalized spacial score (nSPS) is 17.0. The molecule has 21 heavy (non-hydrogen) atoms. The maximum absolute atomic E-state index is 12.2. The first-order chi connectivity index (χ1) is 9.90. The van der Waals surface area contributed by atoms with Gasteiger partial charge in [0.25, 0.3) is 0 Å². The Hall–Kier alpha value is -1.39. The summed E-state index contributed by atoms with van der Waals surface area (Å²) in [5, 5.41) is 9.18. The second kappa shape index (κ2) is 6.58. The zero-order valence-electron chi connectivity index (χ0n) is 13.3. The standard InChI is InChI=1S/C17H26N2O2/c1-17(2,3)16(21)19-9-7-18(8-10-19)12-14-5-4-6-15(11-14)13-20/h4-6,11,20H,7-10,12-13H2,1-3H3. The molecule has 4 nitrogen and oxygen atoms in total. The van der Waals surface area contributed by atoms with Crippen molar-refractivity contribution in [2.45, 2.75) is 33.9 Å². The first-order valence-corrected chi connectivity index (χ1v) is 7.60. The van der Waals surface area contributed by atoms with Gasteiger partial charge >= 0.3 is 0 Å². The zero-order valence-corrected chi connectivity index (χ0v) is 13.3. The Morgan fingerprint density at radius 1 is 1.14 bits per heavy atom. The third kappa shape index (κ3) is 4.29. The van der Waals surface area contributed by atoms with Gasteiger partial charge in [0.05, 0.1) is 6.61 Å². The molecular weight excluding hydrogens is 264 g/mol. The lowest BCUT2D eigenvalue weighted by Gasteiger charge is -2.37. The van der Waals surface area contributed by atoms with Crippen LogP contribution in [-0.2, 0) is 17.9 Å². The number of amides is 1. The van der Waals surface area contributed by atoms with Crippen LogP contribution >= 0.6 is 0 Å². The van der Waals surface area contributed by atoms with Crippen molar-refractivity contribution < 1.29 is 9.90 Å². The van der Waals surface area contributed by atoms with E-state index in [-0.39, 0.29) is 17.9 Å². The molecule has 1 aliphatic heterocycles. The largest absolute Gasteiger partial charge is 0.392 e. The molecule has 1 fully saturated rings. The Kier molecular flexibility index (Phi) is 5.01. The van der Waals surface area contributed by atoms with Gasteiger partial charge in [-0.1, -0.05) is 45.0 Å². The minimum Gasteiger partial charge on any atom is -0.392 e. The van der Waals surface area contributed by atoms with E-state index in [2.05, 4.69) is 11.0 Å². The van der Waals surface area contributed by atoms with E-state index < -0.39 is 0 Å². The van der Waals surface area contributed by atoms with Crippen LogP contribution in [0, 0.1) is 5.41 Å². The van der Waals surface area contributed by atoms with Crippen LogP contribution in [0.2, 0.25) is 0 Å². The lowest BCUT2D eigenvalue weighted by Crippen LogP contribution is -2.51. The Morgan fingerprint density at radius 2 is 1.76 bits per heavy atom. The van der Waals surface area contributed by atoms with Crippen LogP contribution in [0.5, 0.6) is 0 Å². The Labute approximate surface area is 127 Å². The molecule has 0 unspecified atom stereocenters. The van der Waals surface area contributed by atoms with Gasteiger partial charge in [0.1, 0.15) is 0 Å². The summed E-state index contributed by atoms with van der Waals surface area (Å²) in [7, 11) is 0. The van der Waals surface area contributed by atoms with Gasteiger partial charge < -0.3 is 10.0 Å². The molecule has 0 aromatic heterocycles. The van der Waals surface area contributed by atoms with Gasteiger partial charge in [-0.05, 0) is 11.1 Å². The third-order valence-electron chi connectivity index (χ3n) is 3.88. The molecule has 0 bridgehead atoms. The summed E-state index contributed by atoms with van der Waals surface area (Å²) in [5.74, 6) is 0.240. The molecule has 1 saturated heterocycles. The summed E-state index contributed by atoms with van der Waals surface area (Å²) in [6.07, 6.45) is 0. The fourth-order valence-electron chi connectivity index (χ4n) is 2.67. The number of benzene rings is 1. The highest BCUT2D eigenvalue weighted by atomic mass is 16.3. The van der Waals surface area contributed by atoms with E-state index >= 15 is 0 Å². The first kappa shape index (κ1) is 16.0. The predicted molar refractivity (Wildman–Crippen MR) is 83.7 cm³/mol. The highest BCUT2D eigenvalue weighted by molar-refractivity contribution is 5.81.